The number of aliphatic carboxylic acids is 1. The molecule has 1 aromatic rings. The Kier molecular flexibility index (Phi) is 6.55. The van der Waals surface area contributed by atoms with E-state index in [0.29, 0.717) is 6.42 Å². The summed E-state index contributed by atoms with van der Waals surface area (Å²) in [6, 6.07) is 7.92. The van der Waals surface area contributed by atoms with Crippen LogP contribution in [-0.4, -0.2) is 17.7 Å². The summed E-state index contributed by atoms with van der Waals surface area (Å²) in [5, 5.41) is 8.77. The number of hydrogen-bond acceptors (Lipinski definition) is 2. The average Bonchev–Trinajstić information content (AvgIpc) is 3.05. The Morgan fingerprint density at radius 1 is 1.00 bits per heavy atom. The van der Waals surface area contributed by atoms with Crippen LogP contribution in [-0.2, 0) is 11.2 Å². The second-order valence-corrected chi connectivity index (χ2v) is 7.50. The summed E-state index contributed by atoms with van der Waals surface area (Å²) in [6.45, 7) is 0.723. The van der Waals surface area contributed by atoms with Gasteiger partial charge in [0.05, 0.1) is 0 Å². The van der Waals surface area contributed by atoms with Crippen LogP contribution in [0, 0.1) is 5.92 Å². The van der Waals surface area contributed by atoms with Gasteiger partial charge < -0.3 is 9.84 Å². The zero-order valence-corrected chi connectivity index (χ0v) is 15.1. The first-order chi connectivity index (χ1) is 12.2. The fourth-order valence-electron chi connectivity index (χ4n) is 4.27. The molecular weight excluding hydrogens is 312 g/mol. The fraction of sp³-hybridized carbons (Fsp3) is 0.591. The largest absolute Gasteiger partial charge is 0.489 e. The maximum absolute atomic E-state index is 10.7. The number of carboxylic acid groups (broad SMARTS) is 1. The van der Waals surface area contributed by atoms with Gasteiger partial charge in [0, 0.05) is 6.42 Å². The maximum Gasteiger partial charge on any atom is 0.303 e. The van der Waals surface area contributed by atoms with Gasteiger partial charge in [-0.3, -0.25) is 4.79 Å². The third-order valence-corrected chi connectivity index (χ3v) is 5.69. The van der Waals surface area contributed by atoms with E-state index < -0.39 is 5.97 Å². The van der Waals surface area contributed by atoms with Crippen LogP contribution in [0.3, 0.4) is 0 Å². The molecule has 3 heteroatoms. The molecule has 1 N–H and O–H groups in total. The second-order valence-electron chi connectivity index (χ2n) is 7.50. The van der Waals surface area contributed by atoms with Gasteiger partial charge in [-0.15, -0.1) is 0 Å². The first-order valence-corrected chi connectivity index (χ1v) is 9.86. The van der Waals surface area contributed by atoms with Crippen molar-refractivity contribution in [2.24, 2.45) is 5.92 Å². The van der Waals surface area contributed by atoms with Crippen LogP contribution >= 0.6 is 0 Å². The van der Waals surface area contributed by atoms with Crippen LogP contribution in [0.25, 0.3) is 0 Å². The van der Waals surface area contributed by atoms with Gasteiger partial charge in [-0.2, -0.15) is 0 Å². The molecule has 1 saturated carbocycles. The number of aryl methyl sites for hydroxylation is 1. The van der Waals surface area contributed by atoms with Gasteiger partial charge in [0.1, 0.15) is 12.4 Å². The highest BCUT2D eigenvalue weighted by molar-refractivity contribution is 5.67. The van der Waals surface area contributed by atoms with Crippen molar-refractivity contribution >= 4 is 5.97 Å². The van der Waals surface area contributed by atoms with Crippen LogP contribution in [0.1, 0.15) is 69.8 Å². The lowest BCUT2D eigenvalue weighted by Crippen LogP contribution is -2.09. The molecule has 0 spiro atoms. The molecule has 3 rings (SSSR count). The molecule has 1 aromatic carbocycles. The number of ether oxygens (including phenoxy) is 1. The van der Waals surface area contributed by atoms with Crippen molar-refractivity contribution in [3.8, 4) is 5.75 Å². The average molecular weight is 342 g/mol. The molecule has 0 aromatic heterocycles. The van der Waals surface area contributed by atoms with E-state index in [9.17, 15) is 4.79 Å². The van der Waals surface area contributed by atoms with Crippen LogP contribution in [0.15, 0.2) is 35.4 Å². The van der Waals surface area contributed by atoms with Crippen molar-refractivity contribution in [3.05, 3.63) is 41.0 Å². The Hall–Kier alpha value is -1.77. The molecule has 0 heterocycles. The molecule has 0 bridgehead atoms. The van der Waals surface area contributed by atoms with Gasteiger partial charge in [0.2, 0.25) is 0 Å². The smallest absolute Gasteiger partial charge is 0.303 e. The first kappa shape index (κ1) is 18.0. The van der Waals surface area contributed by atoms with E-state index >= 15 is 0 Å². The summed E-state index contributed by atoms with van der Waals surface area (Å²) < 4.78 is 6.10. The molecule has 1 fully saturated rings. The molecule has 0 aliphatic heterocycles. The third-order valence-electron chi connectivity index (χ3n) is 5.69. The van der Waals surface area contributed by atoms with Crippen LogP contribution in [0.5, 0.6) is 5.75 Å². The molecular formula is C22H30O3. The van der Waals surface area contributed by atoms with Crippen molar-refractivity contribution in [3.63, 3.8) is 0 Å². The first-order valence-electron chi connectivity index (χ1n) is 9.86. The molecule has 0 unspecified atom stereocenters. The topological polar surface area (TPSA) is 46.5 Å². The molecule has 2 aliphatic rings. The number of rotatable bonds is 7. The van der Waals surface area contributed by atoms with E-state index in [1.165, 1.54) is 57.8 Å². The molecule has 0 atom stereocenters. The highest BCUT2D eigenvalue weighted by Crippen LogP contribution is 2.38. The summed E-state index contributed by atoms with van der Waals surface area (Å²) in [4.78, 5) is 10.7. The van der Waals surface area contributed by atoms with Crippen molar-refractivity contribution in [2.45, 2.75) is 70.6 Å². The zero-order chi connectivity index (χ0) is 17.5. The Morgan fingerprint density at radius 3 is 2.44 bits per heavy atom. The summed E-state index contributed by atoms with van der Waals surface area (Å²) in [5.74, 6) is 0.955. The molecule has 25 heavy (non-hydrogen) atoms. The molecule has 0 radical (unpaired) electrons. The lowest BCUT2D eigenvalue weighted by atomic mass is 9.90. The van der Waals surface area contributed by atoms with Crippen molar-refractivity contribution < 1.29 is 14.6 Å². The number of carboxylic acids is 1. The van der Waals surface area contributed by atoms with Gasteiger partial charge in [-0.05, 0) is 74.1 Å². The number of benzene rings is 1. The molecule has 2 aliphatic carbocycles. The van der Waals surface area contributed by atoms with E-state index in [1.807, 2.05) is 24.3 Å². The Labute approximate surface area is 151 Å². The minimum Gasteiger partial charge on any atom is -0.489 e. The Morgan fingerprint density at radius 2 is 1.72 bits per heavy atom. The Bertz CT molecular complexity index is 594. The van der Waals surface area contributed by atoms with E-state index in [-0.39, 0.29) is 6.42 Å². The maximum atomic E-state index is 10.7. The van der Waals surface area contributed by atoms with Crippen molar-refractivity contribution in [1.82, 2.24) is 0 Å². The predicted molar refractivity (Wildman–Crippen MR) is 100.0 cm³/mol. The SMILES string of the molecule is O=C(O)CCc1ccc(OCC2=C(C3CCCC3)CCCCC2)cc1. The van der Waals surface area contributed by atoms with Crippen molar-refractivity contribution in [1.29, 1.82) is 0 Å². The quantitative estimate of drug-likeness (QED) is 0.662. The normalized spacial score (nSPS) is 19.0. The van der Waals surface area contributed by atoms with E-state index in [4.69, 9.17) is 9.84 Å². The van der Waals surface area contributed by atoms with Gasteiger partial charge in [-0.1, -0.05) is 37.0 Å². The lowest BCUT2D eigenvalue weighted by molar-refractivity contribution is -0.136. The lowest BCUT2D eigenvalue weighted by Gasteiger charge is -2.19. The Balaban J connectivity index is 1.60. The number of carbonyl (C=O) groups is 1. The third kappa shape index (κ3) is 5.35. The van der Waals surface area contributed by atoms with Crippen LogP contribution < -0.4 is 4.74 Å². The number of hydrogen-bond donors (Lipinski definition) is 1. The molecule has 136 valence electrons. The van der Waals surface area contributed by atoms with Gasteiger partial charge in [-0.25, -0.2) is 0 Å². The van der Waals surface area contributed by atoms with Crippen LogP contribution in [0.4, 0.5) is 0 Å². The number of allylic oxidation sites excluding steroid dienone is 1. The monoisotopic (exact) mass is 342 g/mol. The predicted octanol–water partition coefficient (Wildman–Crippen LogP) is 5.53. The summed E-state index contributed by atoms with van der Waals surface area (Å²) in [7, 11) is 0. The standard InChI is InChI=1S/C22H30O3/c23-22(24)15-12-17-10-13-20(14-11-17)25-16-19-8-2-1-3-9-21(19)18-6-4-5-7-18/h10-11,13-14,18H,1-9,12,15-16H2,(H,23,24). The molecule has 0 saturated heterocycles. The van der Waals surface area contributed by atoms with E-state index in [1.54, 1.807) is 11.1 Å². The van der Waals surface area contributed by atoms with E-state index in [2.05, 4.69) is 0 Å². The van der Waals surface area contributed by atoms with Crippen LogP contribution in [0.2, 0.25) is 0 Å². The van der Waals surface area contributed by atoms with Gasteiger partial charge in [0.15, 0.2) is 0 Å². The summed E-state index contributed by atoms with van der Waals surface area (Å²) in [5.41, 5.74) is 4.32. The van der Waals surface area contributed by atoms with Gasteiger partial charge in [0.25, 0.3) is 0 Å². The zero-order valence-electron chi connectivity index (χ0n) is 15.1. The van der Waals surface area contributed by atoms with Gasteiger partial charge >= 0.3 is 5.97 Å². The fourth-order valence-corrected chi connectivity index (χ4v) is 4.27. The molecule has 0 amide bonds. The minimum absolute atomic E-state index is 0.178. The highest BCUT2D eigenvalue weighted by Gasteiger charge is 2.23. The summed E-state index contributed by atoms with van der Waals surface area (Å²) >= 11 is 0. The summed E-state index contributed by atoms with van der Waals surface area (Å²) in [6.07, 6.45) is 12.7. The molecule has 3 nitrogen and oxygen atoms in total. The highest BCUT2D eigenvalue weighted by atomic mass is 16.5. The van der Waals surface area contributed by atoms with E-state index in [0.717, 1.165) is 23.8 Å². The second kappa shape index (κ2) is 9.07. The van der Waals surface area contributed by atoms with Crippen molar-refractivity contribution in [2.75, 3.05) is 6.61 Å². The minimum atomic E-state index is -0.750.